The SMILES string of the molecule is CO[C@@H]1CN(C(=O)C2CCNCC2)C[C@H]1OC. The van der Waals surface area contributed by atoms with Crippen LogP contribution in [0.25, 0.3) is 0 Å². The van der Waals surface area contributed by atoms with Crippen LogP contribution in [0.2, 0.25) is 0 Å². The van der Waals surface area contributed by atoms with Crippen molar-refractivity contribution in [2.75, 3.05) is 40.4 Å². The molecule has 1 N–H and O–H groups in total. The zero-order valence-electron chi connectivity index (χ0n) is 10.6. The number of hydrogen-bond donors (Lipinski definition) is 1. The predicted molar refractivity (Wildman–Crippen MR) is 63.8 cm³/mol. The first kappa shape index (κ1) is 12.8. The highest BCUT2D eigenvalue weighted by Crippen LogP contribution is 2.21. The first-order valence-electron chi connectivity index (χ1n) is 6.31. The minimum Gasteiger partial charge on any atom is -0.377 e. The molecule has 2 rings (SSSR count). The number of methoxy groups -OCH3 is 2. The third-order valence-corrected chi connectivity index (χ3v) is 3.82. The summed E-state index contributed by atoms with van der Waals surface area (Å²) in [5, 5.41) is 3.28. The Bertz CT molecular complexity index is 254. The fourth-order valence-electron chi connectivity index (χ4n) is 2.70. The van der Waals surface area contributed by atoms with Crippen molar-refractivity contribution in [2.45, 2.75) is 25.0 Å². The van der Waals surface area contributed by atoms with Crippen LogP contribution >= 0.6 is 0 Å². The van der Waals surface area contributed by atoms with Crippen LogP contribution < -0.4 is 5.32 Å². The molecule has 1 amide bonds. The van der Waals surface area contributed by atoms with Gasteiger partial charge in [0.1, 0.15) is 12.2 Å². The second-order valence-electron chi connectivity index (χ2n) is 4.82. The van der Waals surface area contributed by atoms with Gasteiger partial charge in [-0.1, -0.05) is 0 Å². The Kier molecular flexibility index (Phi) is 4.36. The molecule has 0 unspecified atom stereocenters. The van der Waals surface area contributed by atoms with Crippen LogP contribution in [0.4, 0.5) is 0 Å². The van der Waals surface area contributed by atoms with Gasteiger partial charge in [0.25, 0.3) is 0 Å². The summed E-state index contributed by atoms with van der Waals surface area (Å²) in [6.07, 6.45) is 1.94. The Morgan fingerprint density at radius 3 is 2.12 bits per heavy atom. The Hall–Kier alpha value is -0.650. The van der Waals surface area contributed by atoms with Crippen LogP contribution in [0.1, 0.15) is 12.8 Å². The van der Waals surface area contributed by atoms with E-state index in [4.69, 9.17) is 9.47 Å². The summed E-state index contributed by atoms with van der Waals surface area (Å²) in [6, 6.07) is 0. The van der Waals surface area contributed by atoms with Gasteiger partial charge in [0.15, 0.2) is 0 Å². The number of nitrogens with zero attached hydrogens (tertiary/aromatic N) is 1. The maximum absolute atomic E-state index is 12.3. The molecule has 0 aromatic carbocycles. The lowest BCUT2D eigenvalue weighted by Gasteiger charge is -2.26. The highest BCUT2D eigenvalue weighted by molar-refractivity contribution is 5.79. The lowest BCUT2D eigenvalue weighted by molar-refractivity contribution is -0.135. The van der Waals surface area contributed by atoms with E-state index in [1.807, 2.05) is 4.90 Å². The van der Waals surface area contributed by atoms with E-state index in [1.54, 1.807) is 14.2 Å². The zero-order chi connectivity index (χ0) is 12.3. The van der Waals surface area contributed by atoms with E-state index in [9.17, 15) is 4.79 Å². The molecule has 0 spiro atoms. The van der Waals surface area contributed by atoms with Gasteiger partial charge in [0, 0.05) is 33.2 Å². The third kappa shape index (κ3) is 2.78. The Balaban J connectivity index is 1.92. The van der Waals surface area contributed by atoms with E-state index >= 15 is 0 Å². The van der Waals surface area contributed by atoms with E-state index in [0.29, 0.717) is 13.1 Å². The topological polar surface area (TPSA) is 50.8 Å². The third-order valence-electron chi connectivity index (χ3n) is 3.82. The van der Waals surface area contributed by atoms with Crippen LogP contribution in [0.5, 0.6) is 0 Å². The van der Waals surface area contributed by atoms with Gasteiger partial charge in [0.2, 0.25) is 5.91 Å². The lowest BCUT2D eigenvalue weighted by atomic mass is 9.97. The average molecular weight is 242 g/mol. The predicted octanol–water partition coefficient (Wildman–Crippen LogP) is -0.142. The van der Waals surface area contributed by atoms with Gasteiger partial charge in [-0.15, -0.1) is 0 Å². The van der Waals surface area contributed by atoms with Gasteiger partial charge in [-0.25, -0.2) is 0 Å². The van der Waals surface area contributed by atoms with E-state index in [0.717, 1.165) is 25.9 Å². The van der Waals surface area contributed by atoms with Gasteiger partial charge in [-0.05, 0) is 25.9 Å². The normalized spacial score (nSPS) is 30.8. The Labute approximate surface area is 102 Å². The molecule has 0 aromatic rings. The number of carbonyl (C=O) groups excluding carboxylic acids is 1. The highest BCUT2D eigenvalue weighted by atomic mass is 16.5. The van der Waals surface area contributed by atoms with Crippen molar-refractivity contribution in [2.24, 2.45) is 5.92 Å². The number of nitrogens with one attached hydrogen (secondary N) is 1. The molecular formula is C12H22N2O3. The van der Waals surface area contributed by atoms with Crippen molar-refractivity contribution in [1.82, 2.24) is 10.2 Å². The number of hydrogen-bond acceptors (Lipinski definition) is 4. The van der Waals surface area contributed by atoms with Crippen LogP contribution in [0.3, 0.4) is 0 Å². The Morgan fingerprint density at radius 1 is 1.12 bits per heavy atom. The van der Waals surface area contributed by atoms with Gasteiger partial charge < -0.3 is 19.7 Å². The molecule has 0 aromatic heterocycles. The number of rotatable bonds is 3. The standard InChI is InChI=1S/C12H22N2O3/c1-16-10-7-14(8-11(10)17-2)12(15)9-3-5-13-6-4-9/h9-11,13H,3-8H2,1-2H3/t10-,11-/m1/s1. The number of carbonyl (C=O) groups is 1. The molecule has 5 nitrogen and oxygen atoms in total. The average Bonchev–Trinajstić information content (AvgIpc) is 2.82. The number of ether oxygens (including phenoxy) is 2. The number of piperidine rings is 1. The molecule has 0 aliphatic carbocycles. The summed E-state index contributed by atoms with van der Waals surface area (Å²) in [5.74, 6) is 0.456. The van der Waals surface area contributed by atoms with Crippen LogP contribution in [0.15, 0.2) is 0 Å². The second kappa shape index (κ2) is 5.80. The monoisotopic (exact) mass is 242 g/mol. The minimum absolute atomic E-state index is 0.0191. The number of likely N-dealkylation sites (tertiary alicyclic amines) is 1. The molecule has 98 valence electrons. The molecule has 2 heterocycles. The van der Waals surface area contributed by atoms with Crippen molar-refractivity contribution in [3.8, 4) is 0 Å². The quantitative estimate of drug-likeness (QED) is 0.748. The molecule has 17 heavy (non-hydrogen) atoms. The highest BCUT2D eigenvalue weighted by Gasteiger charge is 2.37. The molecular weight excluding hydrogens is 220 g/mol. The summed E-state index contributed by atoms with van der Waals surface area (Å²) in [5.41, 5.74) is 0. The lowest BCUT2D eigenvalue weighted by Crippen LogP contribution is -2.40. The zero-order valence-corrected chi connectivity index (χ0v) is 10.6. The van der Waals surface area contributed by atoms with E-state index in [-0.39, 0.29) is 24.0 Å². The summed E-state index contributed by atoms with van der Waals surface area (Å²) in [4.78, 5) is 14.2. The van der Waals surface area contributed by atoms with Crippen molar-refractivity contribution in [1.29, 1.82) is 0 Å². The molecule has 0 saturated carbocycles. The largest absolute Gasteiger partial charge is 0.377 e. The smallest absolute Gasteiger partial charge is 0.225 e. The van der Waals surface area contributed by atoms with E-state index in [2.05, 4.69) is 5.32 Å². The first-order valence-corrected chi connectivity index (χ1v) is 6.31. The van der Waals surface area contributed by atoms with Crippen molar-refractivity contribution < 1.29 is 14.3 Å². The van der Waals surface area contributed by atoms with Crippen LogP contribution in [-0.2, 0) is 14.3 Å². The van der Waals surface area contributed by atoms with Gasteiger partial charge in [-0.2, -0.15) is 0 Å². The number of amides is 1. The second-order valence-corrected chi connectivity index (χ2v) is 4.82. The van der Waals surface area contributed by atoms with E-state index in [1.165, 1.54) is 0 Å². The molecule has 2 saturated heterocycles. The summed E-state index contributed by atoms with van der Waals surface area (Å²) in [7, 11) is 3.35. The molecule has 0 bridgehead atoms. The molecule has 0 radical (unpaired) electrons. The van der Waals surface area contributed by atoms with Crippen molar-refractivity contribution >= 4 is 5.91 Å². The van der Waals surface area contributed by atoms with Gasteiger partial charge >= 0.3 is 0 Å². The summed E-state index contributed by atoms with van der Waals surface area (Å²) in [6.45, 7) is 3.23. The Morgan fingerprint density at radius 2 is 1.65 bits per heavy atom. The molecule has 5 heteroatoms. The van der Waals surface area contributed by atoms with Crippen LogP contribution in [-0.4, -0.2) is 63.4 Å². The molecule has 2 atom stereocenters. The van der Waals surface area contributed by atoms with Crippen LogP contribution in [0, 0.1) is 5.92 Å². The van der Waals surface area contributed by atoms with Crippen molar-refractivity contribution in [3.63, 3.8) is 0 Å². The summed E-state index contributed by atoms with van der Waals surface area (Å²) < 4.78 is 10.7. The maximum atomic E-state index is 12.3. The molecule has 2 aliphatic heterocycles. The minimum atomic E-state index is 0.0191. The summed E-state index contributed by atoms with van der Waals surface area (Å²) >= 11 is 0. The van der Waals surface area contributed by atoms with Gasteiger partial charge in [-0.3, -0.25) is 4.79 Å². The fourth-order valence-corrected chi connectivity index (χ4v) is 2.70. The molecule has 2 fully saturated rings. The maximum Gasteiger partial charge on any atom is 0.225 e. The van der Waals surface area contributed by atoms with Gasteiger partial charge in [0.05, 0.1) is 0 Å². The van der Waals surface area contributed by atoms with Crippen molar-refractivity contribution in [3.05, 3.63) is 0 Å². The fraction of sp³-hybridized carbons (Fsp3) is 0.917. The van der Waals surface area contributed by atoms with E-state index < -0.39 is 0 Å². The molecule has 2 aliphatic rings. The first-order chi connectivity index (χ1) is 8.26.